The molecule has 0 spiro atoms. The molecule has 0 saturated carbocycles. The number of carbonyl (C=O) groups excluding carboxylic acids is 1. The van der Waals surface area contributed by atoms with E-state index in [-0.39, 0.29) is 11.7 Å². The van der Waals surface area contributed by atoms with Gasteiger partial charge in [0.05, 0.1) is 11.6 Å². The van der Waals surface area contributed by atoms with Gasteiger partial charge in [-0.25, -0.2) is 4.39 Å². The van der Waals surface area contributed by atoms with E-state index in [9.17, 15) is 9.18 Å². The minimum absolute atomic E-state index is 0.116. The van der Waals surface area contributed by atoms with Crippen molar-refractivity contribution in [2.45, 2.75) is 19.4 Å². The van der Waals surface area contributed by atoms with Gasteiger partial charge in [0.2, 0.25) is 5.91 Å². The first-order valence-corrected chi connectivity index (χ1v) is 9.60. The van der Waals surface area contributed by atoms with Gasteiger partial charge >= 0.3 is 0 Å². The fourth-order valence-corrected chi connectivity index (χ4v) is 2.80. The highest BCUT2D eigenvalue weighted by Gasteiger charge is 2.12. The van der Waals surface area contributed by atoms with Crippen LogP contribution in [0.25, 0.3) is 0 Å². The highest BCUT2D eigenvalue weighted by molar-refractivity contribution is 5.84. The molecule has 1 unspecified atom stereocenters. The summed E-state index contributed by atoms with van der Waals surface area (Å²) in [6.07, 6.45) is 0.639. The summed E-state index contributed by atoms with van der Waals surface area (Å²) in [5.41, 5.74) is 2.34. The molecule has 0 aliphatic carbocycles. The Kier molecular flexibility index (Phi) is 7.01. The maximum atomic E-state index is 12.9. The van der Waals surface area contributed by atoms with Crippen LogP contribution in [-0.2, 0) is 11.2 Å². The second kappa shape index (κ2) is 10.1. The van der Waals surface area contributed by atoms with E-state index in [0.29, 0.717) is 30.0 Å². The molecule has 1 amide bonds. The lowest BCUT2D eigenvalue weighted by Crippen LogP contribution is -2.38. The summed E-state index contributed by atoms with van der Waals surface area (Å²) >= 11 is 0. The van der Waals surface area contributed by atoms with E-state index in [1.807, 2.05) is 12.1 Å². The lowest BCUT2D eigenvalue weighted by atomic mass is 10.1. The van der Waals surface area contributed by atoms with Gasteiger partial charge < -0.3 is 15.4 Å². The number of rotatable bonds is 8. The number of nitrogens with one attached hydrogen (secondary N) is 2. The Morgan fingerprint density at radius 1 is 1.00 bits per heavy atom. The van der Waals surface area contributed by atoms with Gasteiger partial charge in [0.1, 0.15) is 23.4 Å². The zero-order valence-electron chi connectivity index (χ0n) is 16.6. The lowest BCUT2D eigenvalue weighted by Gasteiger charge is -2.16. The quantitative estimate of drug-likeness (QED) is 0.574. The molecule has 152 valence electrons. The van der Waals surface area contributed by atoms with Crippen molar-refractivity contribution in [3.05, 3.63) is 89.7 Å². The van der Waals surface area contributed by atoms with Crippen molar-refractivity contribution in [2.24, 2.45) is 0 Å². The average molecular weight is 403 g/mol. The number of anilines is 1. The van der Waals surface area contributed by atoms with Crippen LogP contribution in [0.4, 0.5) is 10.1 Å². The maximum absolute atomic E-state index is 12.9. The van der Waals surface area contributed by atoms with E-state index in [4.69, 9.17) is 10.00 Å². The second-order valence-electron chi connectivity index (χ2n) is 6.80. The van der Waals surface area contributed by atoms with Crippen LogP contribution in [0.3, 0.4) is 0 Å². The van der Waals surface area contributed by atoms with E-state index in [0.717, 1.165) is 11.3 Å². The molecule has 0 aliphatic rings. The Morgan fingerprint density at radius 3 is 2.20 bits per heavy atom. The van der Waals surface area contributed by atoms with E-state index < -0.39 is 6.04 Å². The zero-order valence-corrected chi connectivity index (χ0v) is 16.6. The first-order valence-electron chi connectivity index (χ1n) is 9.60. The molecule has 0 heterocycles. The van der Waals surface area contributed by atoms with Crippen molar-refractivity contribution >= 4 is 11.6 Å². The number of amides is 1. The third-order valence-corrected chi connectivity index (χ3v) is 4.48. The fraction of sp³-hybridized carbons (Fsp3) is 0.167. The Labute approximate surface area is 175 Å². The van der Waals surface area contributed by atoms with Crippen LogP contribution in [0.5, 0.6) is 11.5 Å². The molecule has 3 aromatic carbocycles. The van der Waals surface area contributed by atoms with Crippen molar-refractivity contribution < 1.29 is 13.9 Å². The molecular weight excluding hydrogens is 381 g/mol. The molecule has 6 heteroatoms. The Hall–Kier alpha value is -3.85. The van der Waals surface area contributed by atoms with Gasteiger partial charge in [-0.1, -0.05) is 12.1 Å². The van der Waals surface area contributed by atoms with Crippen molar-refractivity contribution in [1.29, 1.82) is 5.26 Å². The smallest absolute Gasteiger partial charge is 0.242 e. The van der Waals surface area contributed by atoms with E-state index in [1.54, 1.807) is 55.5 Å². The monoisotopic (exact) mass is 403 g/mol. The van der Waals surface area contributed by atoms with Gasteiger partial charge in [0.15, 0.2) is 0 Å². The summed E-state index contributed by atoms with van der Waals surface area (Å²) in [4.78, 5) is 12.3. The summed E-state index contributed by atoms with van der Waals surface area (Å²) in [6, 6.07) is 22.1. The third kappa shape index (κ3) is 6.08. The van der Waals surface area contributed by atoms with Gasteiger partial charge in [-0.15, -0.1) is 0 Å². The molecule has 2 N–H and O–H groups in total. The van der Waals surface area contributed by atoms with Crippen molar-refractivity contribution in [1.82, 2.24) is 5.32 Å². The van der Waals surface area contributed by atoms with E-state index >= 15 is 0 Å². The number of nitrogens with zero attached hydrogens (tertiary/aromatic N) is 1. The first-order chi connectivity index (χ1) is 14.5. The van der Waals surface area contributed by atoms with Crippen LogP contribution >= 0.6 is 0 Å². The summed E-state index contributed by atoms with van der Waals surface area (Å²) in [5.74, 6) is 0.911. The van der Waals surface area contributed by atoms with Crippen molar-refractivity contribution in [3.63, 3.8) is 0 Å². The van der Waals surface area contributed by atoms with Gasteiger partial charge in [0.25, 0.3) is 0 Å². The predicted molar refractivity (Wildman–Crippen MR) is 114 cm³/mol. The Bertz CT molecular complexity index is 1010. The van der Waals surface area contributed by atoms with Crippen LogP contribution in [-0.4, -0.2) is 18.5 Å². The van der Waals surface area contributed by atoms with Gasteiger partial charge in [-0.05, 0) is 79.6 Å². The molecule has 0 saturated heterocycles. The van der Waals surface area contributed by atoms with Crippen LogP contribution < -0.4 is 15.4 Å². The van der Waals surface area contributed by atoms with Gasteiger partial charge in [-0.3, -0.25) is 4.79 Å². The normalized spacial score (nSPS) is 11.2. The van der Waals surface area contributed by atoms with Crippen LogP contribution in [0, 0.1) is 17.1 Å². The Morgan fingerprint density at radius 2 is 1.60 bits per heavy atom. The minimum atomic E-state index is -0.413. The number of ether oxygens (including phenoxy) is 1. The number of nitriles is 1. The third-order valence-electron chi connectivity index (χ3n) is 4.48. The summed E-state index contributed by atoms with van der Waals surface area (Å²) in [7, 11) is 0. The van der Waals surface area contributed by atoms with Crippen LogP contribution in [0.1, 0.15) is 18.1 Å². The lowest BCUT2D eigenvalue weighted by molar-refractivity contribution is -0.121. The first kappa shape index (κ1) is 20.9. The highest BCUT2D eigenvalue weighted by Crippen LogP contribution is 2.23. The molecule has 0 radical (unpaired) electrons. The SMILES string of the molecule is CC(Nc1ccc(Oc2ccc(C#N)cc2)cc1)C(=O)NCCc1ccc(F)cc1. The largest absolute Gasteiger partial charge is 0.457 e. The molecule has 3 rings (SSSR count). The summed E-state index contributed by atoms with van der Waals surface area (Å²) < 4.78 is 18.7. The fourth-order valence-electron chi connectivity index (χ4n) is 2.80. The van der Waals surface area contributed by atoms with Crippen molar-refractivity contribution in [3.8, 4) is 17.6 Å². The predicted octanol–water partition coefficient (Wildman–Crippen LogP) is 4.65. The molecular formula is C24H22FN3O2. The molecule has 0 aliphatic heterocycles. The van der Waals surface area contributed by atoms with Gasteiger partial charge in [0, 0.05) is 12.2 Å². The van der Waals surface area contributed by atoms with E-state index in [2.05, 4.69) is 16.7 Å². The number of halogens is 1. The summed E-state index contributed by atoms with van der Waals surface area (Å²) in [6.45, 7) is 2.27. The molecule has 3 aromatic rings. The zero-order chi connectivity index (χ0) is 21.3. The molecule has 1 atom stereocenters. The number of benzene rings is 3. The van der Waals surface area contributed by atoms with Crippen LogP contribution in [0.2, 0.25) is 0 Å². The molecule has 30 heavy (non-hydrogen) atoms. The van der Waals surface area contributed by atoms with Crippen molar-refractivity contribution in [2.75, 3.05) is 11.9 Å². The minimum Gasteiger partial charge on any atom is -0.457 e. The number of hydrogen-bond donors (Lipinski definition) is 2. The van der Waals surface area contributed by atoms with E-state index in [1.165, 1.54) is 12.1 Å². The average Bonchev–Trinajstić information content (AvgIpc) is 2.77. The number of hydrogen-bond acceptors (Lipinski definition) is 4. The molecule has 0 fully saturated rings. The Balaban J connectivity index is 1.45. The van der Waals surface area contributed by atoms with Crippen LogP contribution in [0.15, 0.2) is 72.8 Å². The molecule has 0 aromatic heterocycles. The molecule has 5 nitrogen and oxygen atoms in total. The summed E-state index contributed by atoms with van der Waals surface area (Å²) in [5, 5.41) is 14.9. The number of carbonyl (C=O) groups is 1. The van der Waals surface area contributed by atoms with Gasteiger partial charge in [-0.2, -0.15) is 5.26 Å². The maximum Gasteiger partial charge on any atom is 0.242 e. The molecule has 0 bridgehead atoms. The second-order valence-corrected chi connectivity index (χ2v) is 6.80. The highest BCUT2D eigenvalue weighted by atomic mass is 19.1. The standard InChI is InChI=1S/C24H22FN3O2/c1-17(24(29)27-15-14-18-2-6-20(25)7-3-18)28-21-8-12-23(13-9-21)30-22-10-4-19(16-26)5-11-22/h2-13,17,28H,14-15H2,1H3,(H,27,29). The topological polar surface area (TPSA) is 74.1 Å².